The molecule has 0 saturated carbocycles. The molecule has 3 nitrogen and oxygen atoms in total. The quantitative estimate of drug-likeness (QED) is 0.465. The zero-order valence-corrected chi connectivity index (χ0v) is 9.38. The third kappa shape index (κ3) is 1.84. The monoisotopic (exact) mass is 214 g/mol. The first kappa shape index (κ1) is 10.5. The molecule has 0 aliphatic carbocycles. The molecule has 2 aromatic rings. The summed E-state index contributed by atoms with van der Waals surface area (Å²) in [6.07, 6.45) is 5.81. The standard InChI is InChI=1S/C13H14N2O/c1-10(14-16)7-8-11-9-15(2)13-6-4-3-5-12(11)13/h3-9,16H,1-2H3/b8-7-,14-10?. The molecule has 0 unspecified atom stereocenters. The number of para-hydroxylation sites is 1. The topological polar surface area (TPSA) is 37.5 Å². The Labute approximate surface area is 94.3 Å². The number of allylic oxidation sites excluding steroid dienone is 1. The molecule has 82 valence electrons. The van der Waals surface area contributed by atoms with Crippen LogP contribution in [0.1, 0.15) is 12.5 Å². The van der Waals surface area contributed by atoms with E-state index in [0.29, 0.717) is 5.71 Å². The van der Waals surface area contributed by atoms with E-state index in [1.54, 1.807) is 13.0 Å². The summed E-state index contributed by atoms with van der Waals surface area (Å²) in [4.78, 5) is 0. The molecule has 0 bridgehead atoms. The summed E-state index contributed by atoms with van der Waals surface area (Å²) in [6.45, 7) is 1.75. The molecule has 0 fully saturated rings. The number of hydrogen-bond acceptors (Lipinski definition) is 2. The van der Waals surface area contributed by atoms with Gasteiger partial charge in [0.15, 0.2) is 0 Å². The van der Waals surface area contributed by atoms with Crippen molar-refractivity contribution >= 4 is 22.7 Å². The van der Waals surface area contributed by atoms with Crippen LogP contribution in [0.4, 0.5) is 0 Å². The predicted molar refractivity (Wildman–Crippen MR) is 66.8 cm³/mol. The SMILES string of the molecule is CC(/C=C\c1cn(C)c2ccccc12)=NO. The van der Waals surface area contributed by atoms with Crippen LogP contribution in [0, 0.1) is 0 Å². The molecule has 1 heterocycles. The van der Waals surface area contributed by atoms with Crippen molar-refractivity contribution in [2.45, 2.75) is 6.92 Å². The number of hydrogen-bond donors (Lipinski definition) is 1. The van der Waals surface area contributed by atoms with Crippen molar-refractivity contribution in [3.63, 3.8) is 0 Å². The molecule has 1 N–H and O–H groups in total. The lowest BCUT2D eigenvalue weighted by Gasteiger charge is -1.93. The minimum atomic E-state index is 0.591. The first-order valence-corrected chi connectivity index (χ1v) is 5.13. The molecule has 0 radical (unpaired) electrons. The third-order valence-corrected chi connectivity index (χ3v) is 2.59. The Hall–Kier alpha value is -2.03. The molecule has 1 aromatic heterocycles. The van der Waals surface area contributed by atoms with Gasteiger partial charge in [-0.25, -0.2) is 0 Å². The van der Waals surface area contributed by atoms with E-state index >= 15 is 0 Å². The van der Waals surface area contributed by atoms with Gasteiger partial charge < -0.3 is 9.77 Å². The zero-order valence-electron chi connectivity index (χ0n) is 9.38. The molecule has 0 atom stereocenters. The van der Waals surface area contributed by atoms with Crippen molar-refractivity contribution in [1.29, 1.82) is 0 Å². The Morgan fingerprint density at radius 2 is 2.12 bits per heavy atom. The van der Waals surface area contributed by atoms with Gasteiger partial charge in [0.25, 0.3) is 0 Å². The van der Waals surface area contributed by atoms with Crippen LogP contribution in [-0.4, -0.2) is 15.5 Å². The van der Waals surface area contributed by atoms with E-state index in [1.165, 1.54) is 10.9 Å². The number of aromatic nitrogens is 1. The maximum absolute atomic E-state index is 8.56. The van der Waals surface area contributed by atoms with E-state index in [2.05, 4.69) is 28.1 Å². The number of aryl methyl sites for hydroxylation is 1. The average Bonchev–Trinajstić information content (AvgIpc) is 2.64. The Balaban J connectivity index is 2.50. The maximum Gasteiger partial charge on any atom is 0.0765 e. The van der Waals surface area contributed by atoms with E-state index in [0.717, 1.165) is 5.56 Å². The van der Waals surface area contributed by atoms with E-state index in [1.807, 2.05) is 25.3 Å². The number of benzene rings is 1. The van der Waals surface area contributed by atoms with E-state index < -0.39 is 0 Å². The first-order chi connectivity index (χ1) is 7.72. The molecule has 3 heteroatoms. The highest BCUT2D eigenvalue weighted by molar-refractivity contribution is 5.98. The normalized spacial score (nSPS) is 12.8. The van der Waals surface area contributed by atoms with Crippen LogP contribution in [0.5, 0.6) is 0 Å². The largest absolute Gasteiger partial charge is 0.411 e. The van der Waals surface area contributed by atoms with Crippen molar-refractivity contribution in [2.75, 3.05) is 0 Å². The highest BCUT2D eigenvalue weighted by Gasteiger charge is 2.02. The van der Waals surface area contributed by atoms with Gasteiger partial charge in [-0.05, 0) is 19.1 Å². The van der Waals surface area contributed by atoms with Crippen LogP contribution < -0.4 is 0 Å². The zero-order chi connectivity index (χ0) is 11.5. The van der Waals surface area contributed by atoms with Gasteiger partial charge in [-0.2, -0.15) is 0 Å². The van der Waals surface area contributed by atoms with Gasteiger partial charge in [0, 0.05) is 29.7 Å². The summed E-state index contributed by atoms with van der Waals surface area (Å²) in [7, 11) is 2.02. The van der Waals surface area contributed by atoms with Gasteiger partial charge in [-0.3, -0.25) is 0 Å². The highest BCUT2D eigenvalue weighted by Crippen LogP contribution is 2.21. The van der Waals surface area contributed by atoms with Crippen molar-refractivity contribution in [1.82, 2.24) is 4.57 Å². The van der Waals surface area contributed by atoms with Crippen LogP contribution in [0.3, 0.4) is 0 Å². The summed E-state index contributed by atoms with van der Waals surface area (Å²) in [6, 6.07) is 8.21. The average molecular weight is 214 g/mol. The lowest BCUT2D eigenvalue weighted by Crippen LogP contribution is -1.82. The third-order valence-electron chi connectivity index (χ3n) is 2.59. The Bertz CT molecular complexity index is 564. The number of fused-ring (bicyclic) bond motifs is 1. The summed E-state index contributed by atoms with van der Waals surface area (Å²) in [5, 5.41) is 12.9. The smallest absolute Gasteiger partial charge is 0.0765 e. The van der Waals surface area contributed by atoms with E-state index in [4.69, 9.17) is 5.21 Å². The number of rotatable bonds is 2. The van der Waals surface area contributed by atoms with E-state index in [-0.39, 0.29) is 0 Å². The summed E-state index contributed by atoms with van der Waals surface area (Å²) in [5.74, 6) is 0. The van der Waals surface area contributed by atoms with Crippen LogP contribution in [0.25, 0.3) is 17.0 Å². The number of nitrogens with zero attached hydrogens (tertiary/aromatic N) is 2. The second kappa shape index (κ2) is 4.23. The minimum absolute atomic E-state index is 0.591. The van der Waals surface area contributed by atoms with Crippen molar-refractivity contribution < 1.29 is 5.21 Å². The molecule has 16 heavy (non-hydrogen) atoms. The second-order valence-corrected chi connectivity index (χ2v) is 3.79. The van der Waals surface area contributed by atoms with Crippen molar-refractivity contribution in [3.8, 4) is 0 Å². The van der Waals surface area contributed by atoms with Gasteiger partial charge >= 0.3 is 0 Å². The molecular formula is C13H14N2O. The molecule has 0 aliphatic rings. The Kier molecular flexibility index (Phi) is 2.77. The Morgan fingerprint density at radius 1 is 1.38 bits per heavy atom. The van der Waals surface area contributed by atoms with Gasteiger partial charge in [0.2, 0.25) is 0 Å². The molecule has 2 rings (SSSR count). The fraction of sp³-hybridized carbons (Fsp3) is 0.154. The summed E-state index contributed by atoms with van der Waals surface area (Å²) in [5.41, 5.74) is 2.91. The maximum atomic E-state index is 8.56. The van der Waals surface area contributed by atoms with Crippen molar-refractivity contribution in [2.24, 2.45) is 12.2 Å². The van der Waals surface area contributed by atoms with Crippen LogP contribution in [0.15, 0.2) is 41.7 Å². The highest BCUT2D eigenvalue weighted by atomic mass is 16.4. The summed E-state index contributed by atoms with van der Waals surface area (Å²) < 4.78 is 2.08. The van der Waals surface area contributed by atoms with Gasteiger partial charge in [0.05, 0.1) is 5.71 Å². The summed E-state index contributed by atoms with van der Waals surface area (Å²) >= 11 is 0. The lowest BCUT2D eigenvalue weighted by atomic mass is 10.1. The fourth-order valence-corrected chi connectivity index (χ4v) is 1.75. The second-order valence-electron chi connectivity index (χ2n) is 3.79. The van der Waals surface area contributed by atoms with E-state index in [9.17, 15) is 0 Å². The van der Waals surface area contributed by atoms with Crippen LogP contribution in [0.2, 0.25) is 0 Å². The molecule has 0 amide bonds. The lowest BCUT2D eigenvalue weighted by molar-refractivity contribution is 0.319. The Morgan fingerprint density at radius 3 is 2.88 bits per heavy atom. The predicted octanol–water partition coefficient (Wildman–Crippen LogP) is 3.04. The van der Waals surface area contributed by atoms with Gasteiger partial charge in [0.1, 0.15) is 0 Å². The minimum Gasteiger partial charge on any atom is -0.411 e. The van der Waals surface area contributed by atoms with Crippen LogP contribution in [-0.2, 0) is 7.05 Å². The number of oxime groups is 1. The molecule has 1 aromatic carbocycles. The fourth-order valence-electron chi connectivity index (χ4n) is 1.75. The molecule has 0 saturated heterocycles. The molecule has 0 aliphatic heterocycles. The van der Waals surface area contributed by atoms with Crippen molar-refractivity contribution in [3.05, 3.63) is 42.1 Å². The van der Waals surface area contributed by atoms with Crippen LogP contribution >= 0.6 is 0 Å². The van der Waals surface area contributed by atoms with Gasteiger partial charge in [-0.1, -0.05) is 29.4 Å². The molecular weight excluding hydrogens is 200 g/mol. The first-order valence-electron chi connectivity index (χ1n) is 5.13. The van der Waals surface area contributed by atoms with Gasteiger partial charge in [-0.15, -0.1) is 0 Å². The molecule has 0 spiro atoms.